The number of aromatic nitrogens is 2. The van der Waals surface area contributed by atoms with Crippen molar-refractivity contribution in [2.24, 2.45) is 0 Å². The van der Waals surface area contributed by atoms with Crippen LogP contribution in [0.25, 0.3) is 0 Å². The quantitative estimate of drug-likeness (QED) is 0.615. The highest BCUT2D eigenvalue weighted by atomic mass is 16.3. The first kappa shape index (κ1) is 16.8. The Bertz CT molecular complexity index is 688. The van der Waals surface area contributed by atoms with E-state index < -0.39 is 0 Å². The summed E-state index contributed by atoms with van der Waals surface area (Å²) in [6.07, 6.45) is 4.82. The summed E-state index contributed by atoms with van der Waals surface area (Å²) in [5.41, 5.74) is -0.758. The van der Waals surface area contributed by atoms with Gasteiger partial charge in [-0.05, 0) is 50.2 Å². The molecule has 0 radical (unpaired) electrons. The highest BCUT2D eigenvalue weighted by molar-refractivity contribution is 5.15. The fourth-order valence-corrected chi connectivity index (χ4v) is 2.27. The van der Waals surface area contributed by atoms with Gasteiger partial charge in [-0.2, -0.15) is 0 Å². The second kappa shape index (κ2) is 8.19. The van der Waals surface area contributed by atoms with Crippen molar-refractivity contribution in [3.8, 4) is 11.5 Å². The Morgan fingerprint density at radius 3 is 1.70 bits per heavy atom. The topological polar surface area (TPSA) is 96.5 Å². The number of nitrogens with zero attached hydrogens (tertiary/aromatic N) is 2. The molecule has 2 aromatic heterocycles. The summed E-state index contributed by atoms with van der Waals surface area (Å²) in [5, 5.41) is 21.9. The van der Waals surface area contributed by atoms with Crippen molar-refractivity contribution >= 4 is 0 Å². The van der Waals surface area contributed by atoms with E-state index in [4.69, 9.17) is 0 Å². The third kappa shape index (κ3) is 4.72. The van der Waals surface area contributed by atoms with E-state index in [0.29, 0.717) is 13.1 Å². The van der Waals surface area contributed by atoms with Gasteiger partial charge in [0.2, 0.25) is 0 Å². The van der Waals surface area contributed by atoms with Crippen molar-refractivity contribution in [3.05, 3.63) is 57.4 Å². The Hall–Kier alpha value is -2.54. The smallest absolute Gasteiger partial charge is 0.292 e. The highest BCUT2D eigenvalue weighted by Gasteiger charge is 2.01. The summed E-state index contributed by atoms with van der Waals surface area (Å²) in [4.78, 5) is 23.2. The van der Waals surface area contributed by atoms with Gasteiger partial charge in [-0.1, -0.05) is 0 Å². The van der Waals surface area contributed by atoms with Gasteiger partial charge in [0, 0.05) is 25.5 Å². The van der Waals surface area contributed by atoms with Crippen molar-refractivity contribution < 1.29 is 10.2 Å². The molecular formula is C16H21N3O4. The second-order valence-corrected chi connectivity index (χ2v) is 5.24. The molecule has 0 aliphatic heterocycles. The molecule has 23 heavy (non-hydrogen) atoms. The molecule has 0 saturated carbocycles. The van der Waals surface area contributed by atoms with E-state index in [-0.39, 0.29) is 22.6 Å². The lowest BCUT2D eigenvalue weighted by Gasteiger charge is -2.08. The maximum absolute atomic E-state index is 11.6. The SMILES string of the molecule is O=c1c(O)cccn1CCCNCCCn1cccc(O)c1=O. The average Bonchev–Trinajstić information content (AvgIpc) is 2.54. The maximum atomic E-state index is 11.6. The van der Waals surface area contributed by atoms with Crippen LogP contribution in [0.5, 0.6) is 11.5 Å². The number of pyridine rings is 2. The molecule has 0 aliphatic carbocycles. The van der Waals surface area contributed by atoms with Gasteiger partial charge >= 0.3 is 0 Å². The van der Waals surface area contributed by atoms with Gasteiger partial charge in [-0.25, -0.2) is 0 Å². The molecule has 0 bridgehead atoms. The Kier molecular flexibility index (Phi) is 5.99. The van der Waals surface area contributed by atoms with E-state index in [9.17, 15) is 19.8 Å². The van der Waals surface area contributed by atoms with Gasteiger partial charge in [0.1, 0.15) is 0 Å². The van der Waals surface area contributed by atoms with Crippen LogP contribution in [0.1, 0.15) is 12.8 Å². The molecule has 0 saturated heterocycles. The Morgan fingerprint density at radius 1 is 0.826 bits per heavy atom. The minimum atomic E-state index is -0.379. The monoisotopic (exact) mass is 319 g/mol. The van der Waals surface area contributed by atoms with Gasteiger partial charge in [0.05, 0.1) is 0 Å². The lowest BCUT2D eigenvalue weighted by molar-refractivity contribution is 0.451. The zero-order valence-electron chi connectivity index (χ0n) is 12.8. The molecule has 0 atom stereocenters. The lowest BCUT2D eigenvalue weighted by atomic mass is 10.3. The van der Waals surface area contributed by atoms with E-state index in [1.165, 1.54) is 21.3 Å². The van der Waals surface area contributed by atoms with Crippen molar-refractivity contribution in [1.29, 1.82) is 0 Å². The predicted molar refractivity (Wildman–Crippen MR) is 86.8 cm³/mol. The van der Waals surface area contributed by atoms with Gasteiger partial charge in [-0.15, -0.1) is 0 Å². The van der Waals surface area contributed by atoms with Gasteiger partial charge in [0.25, 0.3) is 11.1 Å². The van der Waals surface area contributed by atoms with Crippen LogP contribution in [-0.4, -0.2) is 32.4 Å². The minimum Gasteiger partial charge on any atom is -0.503 e. The number of nitrogens with one attached hydrogen (secondary N) is 1. The van der Waals surface area contributed by atoms with Crippen molar-refractivity contribution in [1.82, 2.24) is 14.5 Å². The molecular weight excluding hydrogens is 298 g/mol. The standard InChI is InChI=1S/C16H21N3O4/c20-13-5-1-9-18(15(13)22)11-3-7-17-8-4-12-19-10-2-6-14(21)16(19)23/h1-2,5-6,9-10,17,20-21H,3-4,7-8,11-12H2. The Labute approximate surface area is 133 Å². The van der Waals surface area contributed by atoms with Crippen LogP contribution in [0.4, 0.5) is 0 Å². The van der Waals surface area contributed by atoms with E-state index >= 15 is 0 Å². The van der Waals surface area contributed by atoms with Crippen molar-refractivity contribution in [2.75, 3.05) is 13.1 Å². The van der Waals surface area contributed by atoms with Crippen molar-refractivity contribution in [3.63, 3.8) is 0 Å². The number of hydrogen-bond acceptors (Lipinski definition) is 5. The summed E-state index contributed by atoms with van der Waals surface area (Å²) < 4.78 is 2.95. The third-order valence-electron chi connectivity index (χ3n) is 3.51. The molecule has 7 heteroatoms. The first-order valence-electron chi connectivity index (χ1n) is 7.57. The lowest BCUT2D eigenvalue weighted by Crippen LogP contribution is -2.24. The largest absolute Gasteiger partial charge is 0.503 e. The Balaban J connectivity index is 1.65. The zero-order chi connectivity index (χ0) is 16.7. The number of aryl methyl sites for hydroxylation is 2. The van der Waals surface area contributed by atoms with Crippen LogP contribution < -0.4 is 16.4 Å². The number of aromatic hydroxyl groups is 2. The van der Waals surface area contributed by atoms with Crippen LogP contribution in [0.15, 0.2) is 46.2 Å². The van der Waals surface area contributed by atoms with Crippen molar-refractivity contribution in [2.45, 2.75) is 25.9 Å². The molecule has 0 unspecified atom stereocenters. The van der Waals surface area contributed by atoms with Crippen LogP contribution in [-0.2, 0) is 13.1 Å². The Morgan fingerprint density at radius 2 is 1.26 bits per heavy atom. The molecule has 2 aromatic rings. The van der Waals surface area contributed by atoms with E-state index in [1.54, 1.807) is 24.5 Å². The summed E-state index contributed by atoms with van der Waals surface area (Å²) in [6.45, 7) is 2.53. The maximum Gasteiger partial charge on any atom is 0.292 e. The van der Waals surface area contributed by atoms with Crippen LogP contribution in [0.3, 0.4) is 0 Å². The van der Waals surface area contributed by atoms with Crippen LogP contribution >= 0.6 is 0 Å². The van der Waals surface area contributed by atoms with E-state index in [2.05, 4.69) is 5.32 Å². The molecule has 7 nitrogen and oxygen atoms in total. The number of hydrogen-bond donors (Lipinski definition) is 3. The van der Waals surface area contributed by atoms with Crippen LogP contribution in [0, 0.1) is 0 Å². The normalized spacial score (nSPS) is 10.8. The third-order valence-corrected chi connectivity index (χ3v) is 3.51. The summed E-state index contributed by atoms with van der Waals surface area (Å²) in [7, 11) is 0. The fraction of sp³-hybridized carbons (Fsp3) is 0.375. The van der Waals surface area contributed by atoms with Crippen LogP contribution in [0.2, 0.25) is 0 Å². The minimum absolute atomic E-state index is 0.239. The molecule has 3 N–H and O–H groups in total. The van der Waals surface area contributed by atoms with E-state index in [0.717, 1.165) is 25.9 Å². The van der Waals surface area contributed by atoms with Gasteiger partial charge < -0.3 is 24.7 Å². The molecule has 2 heterocycles. The number of rotatable bonds is 8. The fourth-order valence-electron chi connectivity index (χ4n) is 2.27. The van der Waals surface area contributed by atoms with Gasteiger partial charge in [0.15, 0.2) is 11.5 Å². The molecule has 0 aromatic carbocycles. The highest BCUT2D eigenvalue weighted by Crippen LogP contribution is 1.99. The molecule has 2 rings (SSSR count). The van der Waals surface area contributed by atoms with E-state index in [1.807, 2.05) is 0 Å². The molecule has 0 spiro atoms. The summed E-state index contributed by atoms with van der Waals surface area (Å²) in [5.74, 6) is -0.478. The molecule has 0 aliphatic rings. The average molecular weight is 319 g/mol. The first-order valence-corrected chi connectivity index (χ1v) is 7.57. The van der Waals surface area contributed by atoms with Gasteiger partial charge in [-0.3, -0.25) is 9.59 Å². The molecule has 0 fully saturated rings. The predicted octanol–water partition coefficient (Wildman–Crippen LogP) is 0.491. The first-order chi connectivity index (χ1) is 11.1. The molecule has 124 valence electrons. The zero-order valence-corrected chi connectivity index (χ0v) is 12.8. The summed E-state index contributed by atoms with van der Waals surface area (Å²) >= 11 is 0. The molecule has 0 amide bonds. The summed E-state index contributed by atoms with van der Waals surface area (Å²) in [6, 6.07) is 6.02. The second-order valence-electron chi connectivity index (χ2n) is 5.24.